The molecule has 2 unspecified atom stereocenters. The van der Waals surface area contributed by atoms with E-state index in [1.165, 1.54) is 13.8 Å². The molecule has 1 fully saturated rings. The van der Waals surface area contributed by atoms with E-state index in [1.54, 1.807) is 0 Å². The van der Waals surface area contributed by atoms with Gasteiger partial charge in [-0.15, -0.1) is 0 Å². The van der Waals surface area contributed by atoms with Crippen molar-refractivity contribution >= 4 is 69.1 Å². The standard InChI is InChI=1S/C28H49N8O17P3S/c1-28(2,23(40)26(41)32-10-8-18(37)31-11-12-57-19(38)7-5-3-4-6-9-29)14-50-56(47,48)53-55(45,46)49-13-17-22(52-54(42,43)44)21(39)27(51-17)36-16-35-20-24(30)33-15-34-25(20)36/h15-17,21-23,27,39-40H,3-14,29H2,1-2H3,(H,31,37)(H,32,41)(H,45,46)(H,47,48)(H2,30,33,34)(H2,42,43,44)/t17-,21-,22-,23+,27-/m1/s1. The number of aliphatic hydroxyl groups is 2. The van der Waals surface area contributed by atoms with Gasteiger partial charge in [-0.05, 0) is 19.4 Å². The molecular formula is C28H49N8O17P3S. The molecule has 25 nitrogen and oxygen atoms in total. The Bertz CT molecular complexity index is 1820. The van der Waals surface area contributed by atoms with Crippen LogP contribution in [0.1, 0.15) is 58.6 Å². The number of nitrogens with zero attached hydrogens (tertiary/aromatic N) is 4. The van der Waals surface area contributed by atoms with Gasteiger partial charge in [-0.2, -0.15) is 4.31 Å². The molecule has 1 saturated heterocycles. The van der Waals surface area contributed by atoms with Gasteiger partial charge in [-0.25, -0.2) is 28.6 Å². The molecule has 12 N–H and O–H groups in total. The number of nitrogen functional groups attached to an aromatic ring is 1. The maximum Gasteiger partial charge on any atom is 0.481 e. The number of phosphoric acid groups is 3. The third kappa shape index (κ3) is 15.9. The molecule has 0 bridgehead atoms. The lowest BCUT2D eigenvalue weighted by Crippen LogP contribution is -2.46. The molecule has 7 atom stereocenters. The number of ether oxygens (including phenoxy) is 1. The highest BCUT2D eigenvalue weighted by Gasteiger charge is 2.50. The summed E-state index contributed by atoms with van der Waals surface area (Å²) in [6, 6.07) is 0. The van der Waals surface area contributed by atoms with E-state index < -0.39 is 84.6 Å². The van der Waals surface area contributed by atoms with Crippen LogP contribution in [0.5, 0.6) is 0 Å². The minimum absolute atomic E-state index is 0.0222. The Morgan fingerprint density at radius 2 is 1.68 bits per heavy atom. The Morgan fingerprint density at radius 1 is 1.00 bits per heavy atom. The molecule has 0 saturated carbocycles. The number of aliphatic hydroxyl groups excluding tert-OH is 2. The first-order valence-electron chi connectivity index (χ1n) is 17.3. The maximum absolute atomic E-state index is 12.7. The van der Waals surface area contributed by atoms with Crippen molar-refractivity contribution in [1.82, 2.24) is 30.2 Å². The molecule has 1 aliphatic heterocycles. The first-order valence-corrected chi connectivity index (χ1v) is 22.8. The van der Waals surface area contributed by atoms with E-state index >= 15 is 0 Å². The minimum atomic E-state index is -5.57. The summed E-state index contributed by atoms with van der Waals surface area (Å²) < 4.78 is 62.1. The molecule has 0 aliphatic carbocycles. The van der Waals surface area contributed by atoms with E-state index in [9.17, 15) is 57.9 Å². The smallest absolute Gasteiger partial charge is 0.386 e. The summed E-state index contributed by atoms with van der Waals surface area (Å²) in [6.45, 7) is 1.14. The number of imidazole rings is 1. The van der Waals surface area contributed by atoms with Crippen LogP contribution in [0.25, 0.3) is 11.2 Å². The summed E-state index contributed by atoms with van der Waals surface area (Å²) >= 11 is 1.11. The second kappa shape index (κ2) is 21.7. The van der Waals surface area contributed by atoms with Crippen molar-refractivity contribution in [1.29, 1.82) is 0 Å². The number of amides is 2. The van der Waals surface area contributed by atoms with Gasteiger partial charge < -0.3 is 56.6 Å². The number of nitrogens with two attached hydrogens (primary N) is 2. The Morgan fingerprint density at radius 3 is 2.37 bits per heavy atom. The molecule has 1 aliphatic rings. The summed E-state index contributed by atoms with van der Waals surface area (Å²) in [5.41, 5.74) is 9.70. The summed E-state index contributed by atoms with van der Waals surface area (Å²) in [5, 5.41) is 26.4. The highest BCUT2D eigenvalue weighted by atomic mass is 32.2. The van der Waals surface area contributed by atoms with Crippen LogP contribution in [0.15, 0.2) is 12.7 Å². The SMILES string of the molecule is CC(C)(COP(=O)(O)OP(=O)(O)OC[C@H]1O[C@@H](n2cnc3c(N)ncnc32)[C@H](O)[C@@H]1OP(=O)(O)O)[C@@H](O)C(=O)NCCC(=O)NCCSC(=O)CCCCCCN. The van der Waals surface area contributed by atoms with Crippen LogP contribution in [0.3, 0.4) is 0 Å². The first-order chi connectivity index (χ1) is 26.6. The molecule has 2 aromatic rings. The van der Waals surface area contributed by atoms with Gasteiger partial charge in [0.1, 0.15) is 36.3 Å². The van der Waals surface area contributed by atoms with E-state index in [0.717, 1.165) is 54.7 Å². The van der Waals surface area contributed by atoms with E-state index in [1.807, 2.05) is 0 Å². The molecular weight excluding hydrogens is 845 g/mol. The third-order valence-electron chi connectivity index (χ3n) is 8.10. The van der Waals surface area contributed by atoms with Crippen molar-refractivity contribution in [2.75, 3.05) is 44.3 Å². The fraction of sp³-hybridized carbons (Fsp3) is 0.714. The number of hydrogen-bond donors (Lipinski definition) is 10. The van der Waals surface area contributed by atoms with Crippen molar-refractivity contribution in [3.05, 3.63) is 12.7 Å². The number of phosphoric ester groups is 3. The van der Waals surface area contributed by atoms with Crippen LogP contribution in [0.2, 0.25) is 0 Å². The van der Waals surface area contributed by atoms with E-state index in [-0.39, 0.29) is 41.6 Å². The third-order valence-corrected chi connectivity index (χ3v) is 12.1. The highest BCUT2D eigenvalue weighted by molar-refractivity contribution is 8.13. The van der Waals surface area contributed by atoms with Gasteiger partial charge in [-0.3, -0.25) is 32.5 Å². The fourth-order valence-corrected chi connectivity index (χ4v) is 8.68. The number of hydrogen-bond acceptors (Lipinski definition) is 19. The highest BCUT2D eigenvalue weighted by Crippen LogP contribution is 2.61. The van der Waals surface area contributed by atoms with Gasteiger partial charge in [0.25, 0.3) is 0 Å². The van der Waals surface area contributed by atoms with Gasteiger partial charge in [0.05, 0.1) is 19.5 Å². The molecule has 0 radical (unpaired) electrons. The summed E-state index contributed by atoms with van der Waals surface area (Å²) in [7, 11) is -16.4. The van der Waals surface area contributed by atoms with Gasteiger partial charge in [0.15, 0.2) is 22.8 Å². The van der Waals surface area contributed by atoms with E-state index in [2.05, 4.69) is 34.4 Å². The zero-order valence-electron chi connectivity index (χ0n) is 30.9. The van der Waals surface area contributed by atoms with Crippen LogP contribution in [0.4, 0.5) is 5.82 Å². The Balaban J connectivity index is 1.45. The maximum atomic E-state index is 12.7. The summed E-state index contributed by atoms with van der Waals surface area (Å²) in [4.78, 5) is 87.5. The minimum Gasteiger partial charge on any atom is -0.386 e. The quantitative estimate of drug-likeness (QED) is 0.0447. The molecule has 0 spiro atoms. The van der Waals surface area contributed by atoms with E-state index in [0.29, 0.717) is 18.7 Å². The number of fused-ring (bicyclic) bond motifs is 1. The first kappa shape index (κ1) is 48.9. The van der Waals surface area contributed by atoms with Gasteiger partial charge in [-0.1, -0.05) is 38.5 Å². The Kier molecular flexibility index (Phi) is 18.6. The molecule has 29 heteroatoms. The van der Waals surface area contributed by atoms with Crippen LogP contribution in [0, 0.1) is 5.41 Å². The van der Waals surface area contributed by atoms with Gasteiger partial charge in [0, 0.05) is 37.1 Å². The lowest BCUT2D eigenvalue weighted by molar-refractivity contribution is -0.137. The topological polar surface area (TPSA) is 390 Å². The lowest BCUT2D eigenvalue weighted by atomic mass is 9.87. The number of carbonyl (C=O) groups is 3. The number of rotatable bonds is 25. The second-order valence-corrected chi connectivity index (χ2v) is 18.6. The van der Waals surface area contributed by atoms with E-state index in [4.69, 9.17) is 25.3 Å². The normalized spacial score (nSPS) is 21.5. The fourth-order valence-electron chi connectivity index (χ4n) is 5.13. The van der Waals surface area contributed by atoms with Crippen LogP contribution >= 0.6 is 35.2 Å². The molecule has 57 heavy (non-hydrogen) atoms. The van der Waals surface area contributed by atoms with Crippen molar-refractivity contribution < 1.29 is 80.5 Å². The predicted molar refractivity (Wildman–Crippen MR) is 199 cm³/mol. The molecule has 0 aromatic carbocycles. The summed E-state index contributed by atoms with van der Waals surface area (Å²) in [6.07, 6.45) is -2.89. The number of anilines is 1. The zero-order chi connectivity index (χ0) is 42.6. The van der Waals surface area contributed by atoms with Crippen LogP contribution in [-0.4, -0.2) is 129 Å². The predicted octanol–water partition coefficient (Wildman–Crippen LogP) is -0.426. The monoisotopic (exact) mass is 894 g/mol. The Hall–Kier alpha value is -2.48. The largest absolute Gasteiger partial charge is 0.481 e. The van der Waals surface area contributed by atoms with Crippen molar-refractivity contribution in [2.24, 2.45) is 11.1 Å². The molecule has 2 aromatic heterocycles. The van der Waals surface area contributed by atoms with Crippen molar-refractivity contribution in [3.63, 3.8) is 0 Å². The Labute approximate surface area is 330 Å². The average Bonchev–Trinajstić information content (AvgIpc) is 3.68. The molecule has 3 heterocycles. The number of thioether (sulfide) groups is 1. The van der Waals surface area contributed by atoms with Crippen LogP contribution < -0.4 is 22.1 Å². The molecule has 2 amide bonds. The average molecular weight is 895 g/mol. The number of unbranched alkanes of at least 4 members (excludes halogenated alkanes) is 3. The molecule has 3 rings (SSSR count). The summed E-state index contributed by atoms with van der Waals surface area (Å²) in [5.74, 6) is -1.07. The molecule has 324 valence electrons. The zero-order valence-corrected chi connectivity index (χ0v) is 34.4. The lowest BCUT2D eigenvalue weighted by Gasteiger charge is -2.30. The van der Waals surface area contributed by atoms with Crippen molar-refractivity contribution in [2.45, 2.75) is 83.0 Å². The number of aromatic nitrogens is 4. The van der Waals surface area contributed by atoms with Crippen molar-refractivity contribution in [3.8, 4) is 0 Å². The number of carbonyl (C=O) groups excluding carboxylic acids is 3. The van der Waals surface area contributed by atoms with Gasteiger partial charge in [0.2, 0.25) is 11.8 Å². The van der Waals surface area contributed by atoms with Gasteiger partial charge >= 0.3 is 23.5 Å². The second-order valence-electron chi connectivity index (χ2n) is 13.2. The van der Waals surface area contributed by atoms with Crippen LogP contribution in [-0.2, 0) is 50.7 Å². The number of nitrogens with one attached hydrogen (secondary N) is 2.